The summed E-state index contributed by atoms with van der Waals surface area (Å²) in [5.74, 6) is 2.38. The van der Waals surface area contributed by atoms with Crippen LogP contribution in [-0.2, 0) is 0 Å². The van der Waals surface area contributed by atoms with Crippen molar-refractivity contribution in [1.82, 2.24) is 0 Å². The molecule has 0 radical (unpaired) electrons. The number of carbonyl (C=O) groups excluding carboxylic acids is 1. The van der Waals surface area contributed by atoms with Crippen LogP contribution in [0.2, 0.25) is 0 Å². The van der Waals surface area contributed by atoms with E-state index in [2.05, 4.69) is 5.32 Å². The maximum Gasteiger partial charge on any atom is 0.161 e. The average molecular weight is 236 g/mol. The molecule has 0 aromatic heterocycles. The molecule has 1 heterocycles. The van der Waals surface area contributed by atoms with E-state index < -0.39 is 0 Å². The van der Waals surface area contributed by atoms with E-state index in [1.807, 2.05) is 23.9 Å². The summed E-state index contributed by atoms with van der Waals surface area (Å²) in [5, 5.41) is 3.44. The summed E-state index contributed by atoms with van der Waals surface area (Å²) < 4.78 is 0. The average Bonchev–Trinajstić information content (AvgIpc) is 2.70. The standard InChI is InChI=1S/C12H16N2OS/c1-8(15)11-3-2-9(6-12(11)13)14-10-4-5-16-7-10/h2-3,6,10,14H,4-5,7,13H2,1H3. The number of ketones is 1. The maximum atomic E-state index is 11.2. The molecule has 1 fully saturated rings. The van der Waals surface area contributed by atoms with Crippen molar-refractivity contribution in [1.29, 1.82) is 0 Å². The van der Waals surface area contributed by atoms with Gasteiger partial charge in [-0.15, -0.1) is 0 Å². The second-order valence-electron chi connectivity index (χ2n) is 4.06. The van der Waals surface area contributed by atoms with Crippen molar-refractivity contribution in [2.45, 2.75) is 19.4 Å². The maximum absolute atomic E-state index is 11.2. The summed E-state index contributed by atoms with van der Waals surface area (Å²) in [7, 11) is 0. The normalized spacial score (nSPS) is 19.7. The molecule has 0 aliphatic carbocycles. The molecule has 0 amide bonds. The number of benzene rings is 1. The Hall–Kier alpha value is -1.16. The molecule has 1 saturated heterocycles. The molecular formula is C12H16N2OS. The van der Waals surface area contributed by atoms with Crippen LogP contribution >= 0.6 is 11.8 Å². The van der Waals surface area contributed by atoms with E-state index in [4.69, 9.17) is 5.73 Å². The first-order valence-corrected chi connectivity index (χ1v) is 6.57. The number of nitrogens with one attached hydrogen (secondary N) is 1. The van der Waals surface area contributed by atoms with Crippen molar-refractivity contribution in [2.75, 3.05) is 22.6 Å². The molecule has 1 aromatic rings. The van der Waals surface area contributed by atoms with Crippen molar-refractivity contribution in [2.24, 2.45) is 0 Å². The summed E-state index contributed by atoms with van der Waals surface area (Å²) in [6.45, 7) is 1.53. The summed E-state index contributed by atoms with van der Waals surface area (Å²) >= 11 is 1.97. The summed E-state index contributed by atoms with van der Waals surface area (Å²) in [6, 6.07) is 6.10. The first-order valence-electron chi connectivity index (χ1n) is 5.41. The first-order chi connectivity index (χ1) is 7.66. The largest absolute Gasteiger partial charge is 0.398 e. The third-order valence-corrected chi connectivity index (χ3v) is 3.89. The molecule has 4 heteroatoms. The molecule has 86 valence electrons. The van der Waals surface area contributed by atoms with Gasteiger partial charge >= 0.3 is 0 Å². The second kappa shape index (κ2) is 4.78. The van der Waals surface area contributed by atoms with Crippen LogP contribution in [0.5, 0.6) is 0 Å². The van der Waals surface area contributed by atoms with Gasteiger partial charge < -0.3 is 11.1 Å². The van der Waals surface area contributed by atoms with Crippen LogP contribution in [0, 0.1) is 0 Å². The Morgan fingerprint density at radius 3 is 2.94 bits per heavy atom. The summed E-state index contributed by atoms with van der Waals surface area (Å²) in [4.78, 5) is 11.2. The van der Waals surface area contributed by atoms with Gasteiger partial charge in [-0.25, -0.2) is 0 Å². The van der Waals surface area contributed by atoms with Crippen molar-refractivity contribution < 1.29 is 4.79 Å². The lowest BCUT2D eigenvalue weighted by Gasteiger charge is -2.14. The lowest BCUT2D eigenvalue weighted by molar-refractivity contribution is 0.101. The van der Waals surface area contributed by atoms with Gasteiger partial charge in [-0.2, -0.15) is 11.8 Å². The van der Waals surface area contributed by atoms with Gasteiger partial charge in [0.05, 0.1) is 0 Å². The second-order valence-corrected chi connectivity index (χ2v) is 5.21. The summed E-state index contributed by atoms with van der Waals surface area (Å²) in [6.07, 6.45) is 1.19. The van der Waals surface area contributed by atoms with Crippen molar-refractivity contribution in [3.05, 3.63) is 23.8 Å². The van der Waals surface area contributed by atoms with E-state index in [1.54, 1.807) is 6.07 Å². The first kappa shape index (κ1) is 11.3. The lowest BCUT2D eigenvalue weighted by atomic mass is 10.1. The number of nitrogens with two attached hydrogens (primary N) is 1. The van der Waals surface area contributed by atoms with E-state index in [9.17, 15) is 4.79 Å². The molecule has 2 rings (SSSR count). The van der Waals surface area contributed by atoms with Crippen LogP contribution in [0.15, 0.2) is 18.2 Å². The van der Waals surface area contributed by atoms with Crippen molar-refractivity contribution in [3.8, 4) is 0 Å². The molecule has 0 spiro atoms. The van der Waals surface area contributed by atoms with Gasteiger partial charge in [0.15, 0.2) is 5.78 Å². The van der Waals surface area contributed by atoms with E-state index in [0.717, 1.165) is 11.4 Å². The molecule has 0 saturated carbocycles. The predicted molar refractivity (Wildman–Crippen MR) is 70.2 cm³/mol. The van der Waals surface area contributed by atoms with Gasteiger partial charge in [0.25, 0.3) is 0 Å². The molecule has 1 aliphatic heterocycles. The van der Waals surface area contributed by atoms with E-state index in [0.29, 0.717) is 17.3 Å². The number of nitrogen functional groups attached to an aromatic ring is 1. The Morgan fingerprint density at radius 2 is 2.38 bits per heavy atom. The van der Waals surface area contributed by atoms with E-state index in [-0.39, 0.29) is 5.78 Å². The smallest absolute Gasteiger partial charge is 0.161 e. The van der Waals surface area contributed by atoms with Crippen LogP contribution in [0.4, 0.5) is 11.4 Å². The molecule has 0 bridgehead atoms. The third kappa shape index (κ3) is 2.50. The molecule has 1 unspecified atom stereocenters. The highest BCUT2D eigenvalue weighted by Gasteiger charge is 2.15. The zero-order chi connectivity index (χ0) is 11.5. The number of hydrogen-bond donors (Lipinski definition) is 2. The SMILES string of the molecule is CC(=O)c1ccc(NC2CCSC2)cc1N. The molecule has 3 N–H and O–H groups in total. The van der Waals surface area contributed by atoms with Gasteiger partial charge in [-0.3, -0.25) is 4.79 Å². The molecule has 1 aliphatic rings. The third-order valence-electron chi connectivity index (χ3n) is 2.73. The Labute approximate surface area is 99.8 Å². The van der Waals surface area contributed by atoms with Gasteiger partial charge in [0.1, 0.15) is 0 Å². The zero-order valence-corrected chi connectivity index (χ0v) is 10.1. The quantitative estimate of drug-likeness (QED) is 0.625. The molecule has 1 aromatic carbocycles. The highest BCUT2D eigenvalue weighted by molar-refractivity contribution is 7.99. The van der Waals surface area contributed by atoms with Gasteiger partial charge in [0.2, 0.25) is 0 Å². The number of rotatable bonds is 3. The van der Waals surface area contributed by atoms with Crippen LogP contribution in [0.1, 0.15) is 23.7 Å². The van der Waals surface area contributed by atoms with Crippen LogP contribution < -0.4 is 11.1 Å². The van der Waals surface area contributed by atoms with Gasteiger partial charge in [-0.05, 0) is 37.3 Å². The topological polar surface area (TPSA) is 55.1 Å². The monoisotopic (exact) mass is 236 g/mol. The Balaban J connectivity index is 2.11. The molecule has 1 atom stereocenters. The number of hydrogen-bond acceptors (Lipinski definition) is 4. The Bertz CT molecular complexity index is 400. The van der Waals surface area contributed by atoms with Crippen molar-refractivity contribution >= 4 is 28.9 Å². The van der Waals surface area contributed by atoms with Crippen LogP contribution in [0.3, 0.4) is 0 Å². The van der Waals surface area contributed by atoms with Gasteiger partial charge in [0, 0.05) is 28.7 Å². The Morgan fingerprint density at radius 1 is 1.56 bits per heavy atom. The van der Waals surface area contributed by atoms with E-state index >= 15 is 0 Å². The van der Waals surface area contributed by atoms with Gasteiger partial charge in [-0.1, -0.05) is 0 Å². The summed E-state index contributed by atoms with van der Waals surface area (Å²) in [5.41, 5.74) is 8.00. The number of Topliss-reactive ketones (excluding diaryl/α,β-unsaturated/α-hetero) is 1. The van der Waals surface area contributed by atoms with Crippen LogP contribution in [-0.4, -0.2) is 23.3 Å². The fourth-order valence-electron chi connectivity index (χ4n) is 1.86. The lowest BCUT2D eigenvalue weighted by Crippen LogP contribution is -2.18. The number of carbonyl (C=O) groups is 1. The highest BCUT2D eigenvalue weighted by Crippen LogP contribution is 2.24. The fourth-order valence-corrected chi connectivity index (χ4v) is 3.01. The zero-order valence-electron chi connectivity index (χ0n) is 9.32. The molecular weight excluding hydrogens is 220 g/mol. The minimum atomic E-state index is 0.0143. The number of thioether (sulfide) groups is 1. The highest BCUT2D eigenvalue weighted by atomic mass is 32.2. The Kier molecular flexibility index (Phi) is 3.39. The molecule has 16 heavy (non-hydrogen) atoms. The fraction of sp³-hybridized carbons (Fsp3) is 0.417. The number of anilines is 2. The molecule has 3 nitrogen and oxygen atoms in total. The minimum absolute atomic E-state index is 0.0143. The predicted octanol–water partition coefficient (Wildman–Crippen LogP) is 2.39. The van der Waals surface area contributed by atoms with Crippen molar-refractivity contribution in [3.63, 3.8) is 0 Å². The van der Waals surface area contributed by atoms with Crippen LogP contribution in [0.25, 0.3) is 0 Å². The van der Waals surface area contributed by atoms with E-state index in [1.165, 1.54) is 19.1 Å². The minimum Gasteiger partial charge on any atom is -0.398 e.